The molecule has 0 bridgehead atoms. The largest absolute Gasteiger partial charge is 0.353 e. The van der Waals surface area contributed by atoms with Crippen LogP contribution >= 0.6 is 0 Å². The minimum absolute atomic E-state index is 0.714. The van der Waals surface area contributed by atoms with Crippen molar-refractivity contribution in [3.05, 3.63) is 48.0 Å². The Morgan fingerprint density at radius 2 is 1.92 bits per heavy atom. The van der Waals surface area contributed by atoms with Gasteiger partial charge in [0.2, 0.25) is 0 Å². The smallest absolute Gasteiger partial charge is 0.191 e. The summed E-state index contributed by atoms with van der Waals surface area (Å²) in [6.45, 7) is 6.24. The summed E-state index contributed by atoms with van der Waals surface area (Å²) in [4.78, 5) is 6.77. The average molecular weight is 329 g/mol. The van der Waals surface area contributed by atoms with E-state index < -0.39 is 0 Å². The second-order valence-electron chi connectivity index (χ2n) is 6.57. The number of hydrogen-bond donors (Lipinski definition) is 2. The third kappa shape index (κ3) is 5.68. The van der Waals surface area contributed by atoms with Gasteiger partial charge in [-0.05, 0) is 31.0 Å². The molecular formula is C20H32N4. The van der Waals surface area contributed by atoms with Crippen LogP contribution in [0.25, 0.3) is 0 Å². The molecule has 1 aromatic rings. The highest BCUT2D eigenvalue weighted by Crippen LogP contribution is 2.23. The molecule has 1 aliphatic rings. The van der Waals surface area contributed by atoms with Gasteiger partial charge in [0.1, 0.15) is 0 Å². The van der Waals surface area contributed by atoms with Crippen LogP contribution in [0.5, 0.6) is 0 Å². The predicted molar refractivity (Wildman–Crippen MR) is 103 cm³/mol. The zero-order valence-corrected chi connectivity index (χ0v) is 15.2. The summed E-state index contributed by atoms with van der Waals surface area (Å²) in [6.07, 6.45) is 8.68. The van der Waals surface area contributed by atoms with Crippen LogP contribution in [0.15, 0.2) is 41.9 Å². The number of aliphatic imine (C=N–C) groups is 1. The fraction of sp³-hybridized carbons (Fsp3) is 0.550. The Bertz CT molecular complexity index is 532. The van der Waals surface area contributed by atoms with Crippen LogP contribution in [-0.2, 0) is 13.1 Å². The van der Waals surface area contributed by atoms with Crippen molar-refractivity contribution in [1.82, 2.24) is 15.5 Å². The van der Waals surface area contributed by atoms with Crippen molar-refractivity contribution < 1.29 is 0 Å². The van der Waals surface area contributed by atoms with Crippen molar-refractivity contribution >= 4 is 5.96 Å². The minimum Gasteiger partial charge on any atom is -0.353 e. The highest BCUT2D eigenvalue weighted by atomic mass is 15.2. The minimum atomic E-state index is 0.714. The molecule has 2 N–H and O–H groups in total. The first-order chi connectivity index (χ1) is 11.7. The first-order valence-corrected chi connectivity index (χ1v) is 9.07. The Balaban J connectivity index is 1.95. The summed E-state index contributed by atoms with van der Waals surface area (Å²) in [7, 11) is 4.06. The quantitative estimate of drug-likeness (QED) is 0.458. The summed E-state index contributed by atoms with van der Waals surface area (Å²) in [6, 6.07) is 9.44. The van der Waals surface area contributed by atoms with Gasteiger partial charge in [0.05, 0.1) is 0 Å². The molecule has 0 aromatic heterocycles. The van der Waals surface area contributed by atoms with Crippen molar-refractivity contribution in [1.29, 1.82) is 0 Å². The molecule has 0 amide bonds. The van der Waals surface area contributed by atoms with Gasteiger partial charge < -0.3 is 10.6 Å². The molecule has 1 aromatic carbocycles. The number of hydrogen-bond acceptors (Lipinski definition) is 2. The van der Waals surface area contributed by atoms with E-state index in [9.17, 15) is 0 Å². The number of guanidine groups is 1. The summed E-state index contributed by atoms with van der Waals surface area (Å²) in [5, 5.41) is 6.60. The molecule has 0 heterocycles. The molecule has 132 valence electrons. The molecule has 0 unspecified atom stereocenters. The van der Waals surface area contributed by atoms with E-state index in [4.69, 9.17) is 0 Å². The van der Waals surface area contributed by atoms with Gasteiger partial charge >= 0.3 is 0 Å². The van der Waals surface area contributed by atoms with Crippen LogP contribution in [0.1, 0.15) is 43.2 Å². The SMILES string of the molecule is C=CCNC(=NC)NCc1ccccc1CN(C)C1CCCCC1. The Kier molecular flexibility index (Phi) is 7.83. The molecule has 0 spiro atoms. The third-order valence-corrected chi connectivity index (χ3v) is 4.82. The standard InChI is InChI=1S/C20H32N4/c1-4-14-22-20(21-2)23-15-17-10-8-9-11-18(17)16-24(3)19-12-6-5-7-13-19/h4,8-11,19H,1,5-7,12-16H2,2-3H3,(H2,21,22,23). The normalized spacial score (nSPS) is 16.2. The maximum atomic E-state index is 4.24. The number of nitrogens with one attached hydrogen (secondary N) is 2. The van der Waals surface area contributed by atoms with Crippen molar-refractivity contribution in [2.45, 2.75) is 51.2 Å². The predicted octanol–water partition coefficient (Wildman–Crippen LogP) is 3.30. The molecule has 0 atom stereocenters. The second-order valence-corrected chi connectivity index (χ2v) is 6.57. The van der Waals surface area contributed by atoms with E-state index >= 15 is 0 Å². The van der Waals surface area contributed by atoms with E-state index in [0.717, 1.165) is 25.1 Å². The fourth-order valence-corrected chi connectivity index (χ4v) is 3.37. The Hall–Kier alpha value is -1.81. The zero-order chi connectivity index (χ0) is 17.2. The Morgan fingerprint density at radius 3 is 2.58 bits per heavy atom. The summed E-state index contributed by atoms with van der Waals surface area (Å²) in [5.41, 5.74) is 2.74. The molecule has 4 heteroatoms. The third-order valence-electron chi connectivity index (χ3n) is 4.82. The van der Waals surface area contributed by atoms with Gasteiger partial charge in [0.25, 0.3) is 0 Å². The monoisotopic (exact) mass is 328 g/mol. The molecule has 0 radical (unpaired) electrons. The lowest BCUT2D eigenvalue weighted by Crippen LogP contribution is -2.37. The van der Waals surface area contributed by atoms with Crippen LogP contribution in [-0.4, -0.2) is 37.5 Å². The summed E-state index contributed by atoms with van der Waals surface area (Å²) >= 11 is 0. The second kappa shape index (κ2) is 10.1. The van der Waals surface area contributed by atoms with Gasteiger partial charge in [0.15, 0.2) is 5.96 Å². The van der Waals surface area contributed by atoms with Crippen LogP contribution < -0.4 is 10.6 Å². The molecule has 2 rings (SSSR count). The lowest BCUT2D eigenvalue weighted by Gasteiger charge is -2.31. The summed E-state index contributed by atoms with van der Waals surface area (Å²) in [5.74, 6) is 0.810. The fourth-order valence-electron chi connectivity index (χ4n) is 3.37. The van der Waals surface area contributed by atoms with Crippen molar-refractivity contribution in [3.8, 4) is 0 Å². The van der Waals surface area contributed by atoms with Gasteiger partial charge in [0, 0.05) is 32.7 Å². The first-order valence-electron chi connectivity index (χ1n) is 9.07. The van der Waals surface area contributed by atoms with Gasteiger partial charge in [-0.1, -0.05) is 49.6 Å². The molecule has 1 fully saturated rings. The number of rotatable bonds is 7. The first kappa shape index (κ1) is 18.5. The van der Waals surface area contributed by atoms with Crippen LogP contribution in [0, 0.1) is 0 Å². The van der Waals surface area contributed by atoms with Crippen molar-refractivity contribution in [3.63, 3.8) is 0 Å². The van der Waals surface area contributed by atoms with E-state index in [0.29, 0.717) is 6.54 Å². The van der Waals surface area contributed by atoms with Crippen LogP contribution in [0.2, 0.25) is 0 Å². The van der Waals surface area contributed by atoms with Crippen molar-refractivity contribution in [2.24, 2.45) is 4.99 Å². The highest BCUT2D eigenvalue weighted by molar-refractivity contribution is 5.79. The molecule has 1 aliphatic carbocycles. The van der Waals surface area contributed by atoms with E-state index in [1.807, 2.05) is 6.08 Å². The van der Waals surface area contributed by atoms with Gasteiger partial charge in [-0.15, -0.1) is 6.58 Å². The molecular weight excluding hydrogens is 296 g/mol. The van der Waals surface area contributed by atoms with E-state index in [1.54, 1.807) is 7.05 Å². The molecule has 24 heavy (non-hydrogen) atoms. The Morgan fingerprint density at radius 1 is 1.21 bits per heavy atom. The van der Waals surface area contributed by atoms with E-state index in [-0.39, 0.29) is 0 Å². The number of nitrogens with zero attached hydrogens (tertiary/aromatic N) is 2. The van der Waals surface area contributed by atoms with Crippen LogP contribution in [0.3, 0.4) is 0 Å². The van der Waals surface area contributed by atoms with E-state index in [2.05, 4.69) is 58.4 Å². The lowest BCUT2D eigenvalue weighted by atomic mass is 9.94. The molecule has 0 saturated heterocycles. The zero-order valence-electron chi connectivity index (χ0n) is 15.2. The maximum Gasteiger partial charge on any atom is 0.191 e. The topological polar surface area (TPSA) is 39.7 Å². The number of benzene rings is 1. The molecule has 0 aliphatic heterocycles. The van der Waals surface area contributed by atoms with Crippen LogP contribution in [0.4, 0.5) is 0 Å². The molecule has 1 saturated carbocycles. The van der Waals surface area contributed by atoms with Gasteiger partial charge in [-0.2, -0.15) is 0 Å². The average Bonchev–Trinajstić information content (AvgIpc) is 2.63. The maximum absolute atomic E-state index is 4.24. The molecule has 4 nitrogen and oxygen atoms in total. The summed E-state index contributed by atoms with van der Waals surface area (Å²) < 4.78 is 0. The lowest BCUT2D eigenvalue weighted by molar-refractivity contribution is 0.184. The van der Waals surface area contributed by atoms with Gasteiger partial charge in [-0.3, -0.25) is 9.89 Å². The van der Waals surface area contributed by atoms with E-state index in [1.165, 1.54) is 43.2 Å². The highest BCUT2D eigenvalue weighted by Gasteiger charge is 2.18. The Labute approximate surface area is 147 Å². The van der Waals surface area contributed by atoms with Gasteiger partial charge in [-0.25, -0.2) is 0 Å². The van der Waals surface area contributed by atoms with Crippen molar-refractivity contribution in [2.75, 3.05) is 20.6 Å².